The van der Waals surface area contributed by atoms with Gasteiger partial charge in [0.25, 0.3) is 0 Å². The lowest BCUT2D eigenvalue weighted by Crippen LogP contribution is -2.49. The maximum Gasteiger partial charge on any atom is 0.223 e. The lowest BCUT2D eigenvalue weighted by Gasteiger charge is -2.35. The van der Waals surface area contributed by atoms with Gasteiger partial charge in [-0.25, -0.2) is 4.99 Å². The molecule has 3 rings (SSSR count). The fourth-order valence-electron chi connectivity index (χ4n) is 3.76. The van der Waals surface area contributed by atoms with Crippen molar-refractivity contribution in [2.45, 2.75) is 27.2 Å². The molecule has 9 nitrogen and oxygen atoms in total. The van der Waals surface area contributed by atoms with Gasteiger partial charge in [0.05, 0.1) is 22.6 Å². The molecule has 0 aliphatic carbocycles. The monoisotopic (exact) mass is 425 g/mol. The van der Waals surface area contributed by atoms with Gasteiger partial charge in [0.2, 0.25) is 11.9 Å². The van der Waals surface area contributed by atoms with Gasteiger partial charge in [0.15, 0.2) is 0 Å². The third kappa shape index (κ3) is 4.99. The molecule has 0 saturated carbocycles. The molecule has 1 aliphatic rings. The quantitative estimate of drug-likeness (QED) is 0.460. The summed E-state index contributed by atoms with van der Waals surface area (Å²) in [5.41, 5.74) is 16.5. The van der Waals surface area contributed by atoms with Gasteiger partial charge in [-0.3, -0.25) is 9.88 Å². The van der Waals surface area contributed by atoms with Crippen molar-refractivity contribution in [2.75, 3.05) is 63.3 Å². The summed E-state index contributed by atoms with van der Waals surface area (Å²) in [6.07, 6.45) is 1.02. The number of aromatic nitrogens is 1. The van der Waals surface area contributed by atoms with Crippen LogP contribution in [0.1, 0.15) is 26.0 Å². The van der Waals surface area contributed by atoms with Crippen molar-refractivity contribution in [3.05, 3.63) is 23.9 Å². The highest BCUT2D eigenvalue weighted by Gasteiger charge is 2.27. The number of aliphatic imine (C=N–C) groups is 2. The smallest absolute Gasteiger partial charge is 0.223 e. The number of hydrogen-bond donors (Lipinski definition) is 3. The van der Waals surface area contributed by atoms with E-state index in [4.69, 9.17) is 21.4 Å². The number of nitrogens with two attached hydrogens (primary N) is 2. The minimum absolute atomic E-state index is 0.423. The van der Waals surface area contributed by atoms with Crippen molar-refractivity contribution >= 4 is 39.9 Å². The molecule has 168 valence electrons. The molecule has 9 heteroatoms. The Morgan fingerprint density at radius 2 is 1.90 bits per heavy atom. The Bertz CT molecular complexity index is 977. The van der Waals surface area contributed by atoms with Crippen molar-refractivity contribution in [1.82, 2.24) is 20.1 Å². The first-order valence-corrected chi connectivity index (χ1v) is 10.8. The van der Waals surface area contributed by atoms with Crippen LogP contribution in [0.25, 0.3) is 10.9 Å². The van der Waals surface area contributed by atoms with E-state index in [1.54, 1.807) is 0 Å². The highest BCUT2D eigenvalue weighted by Crippen LogP contribution is 2.35. The Balaban J connectivity index is 1.96. The SMILES string of the molecule is CCN(CC)C1=NC(NCCCN(C)C)=NCN1c1c(C)nc2ccc(N)cc2c1N. The van der Waals surface area contributed by atoms with E-state index in [0.717, 1.165) is 60.8 Å². The van der Waals surface area contributed by atoms with Gasteiger partial charge in [0.1, 0.15) is 6.67 Å². The molecule has 0 unspecified atom stereocenters. The van der Waals surface area contributed by atoms with E-state index in [0.29, 0.717) is 24.0 Å². The van der Waals surface area contributed by atoms with Crippen LogP contribution in [0.4, 0.5) is 17.1 Å². The summed E-state index contributed by atoms with van der Waals surface area (Å²) in [7, 11) is 4.15. The first kappa shape index (κ1) is 22.6. The second kappa shape index (κ2) is 9.82. The lowest BCUT2D eigenvalue weighted by molar-refractivity contribution is 0.400. The minimum Gasteiger partial charge on any atom is -0.399 e. The van der Waals surface area contributed by atoms with Crippen LogP contribution in [-0.4, -0.2) is 73.6 Å². The minimum atomic E-state index is 0.423. The van der Waals surface area contributed by atoms with Gasteiger partial charge >= 0.3 is 0 Å². The fraction of sp³-hybridized carbons (Fsp3) is 0.500. The highest BCUT2D eigenvalue weighted by molar-refractivity contribution is 6.10. The lowest BCUT2D eigenvalue weighted by atomic mass is 10.1. The molecule has 1 aliphatic heterocycles. The molecule has 0 bridgehead atoms. The van der Waals surface area contributed by atoms with Crippen LogP contribution in [-0.2, 0) is 0 Å². The standard InChI is InChI=1S/C22H35N9/c1-6-30(7-2)22-28-21(25-11-8-12-29(4)5)26-14-31(22)20-15(3)27-18-10-9-16(23)13-17(18)19(20)24/h9-10,13H,6-8,11-12,14,23H2,1-5H3,(H2,24,27)(H,25,26). The third-order valence-corrected chi connectivity index (χ3v) is 5.39. The van der Waals surface area contributed by atoms with Crippen LogP contribution in [0, 0.1) is 6.92 Å². The number of guanidine groups is 2. The molecule has 0 radical (unpaired) electrons. The fourth-order valence-corrected chi connectivity index (χ4v) is 3.76. The average Bonchev–Trinajstić information content (AvgIpc) is 2.74. The number of fused-ring (bicyclic) bond motifs is 1. The summed E-state index contributed by atoms with van der Waals surface area (Å²) in [6.45, 7) is 10.1. The summed E-state index contributed by atoms with van der Waals surface area (Å²) in [5, 5.41) is 4.21. The molecule has 0 fully saturated rings. The van der Waals surface area contributed by atoms with Crippen LogP contribution in [0.5, 0.6) is 0 Å². The highest BCUT2D eigenvalue weighted by atomic mass is 15.4. The van der Waals surface area contributed by atoms with Gasteiger partial charge in [-0.2, -0.15) is 4.99 Å². The van der Waals surface area contributed by atoms with Gasteiger partial charge in [0, 0.05) is 30.7 Å². The molecule has 1 aromatic carbocycles. The first-order valence-electron chi connectivity index (χ1n) is 10.8. The Morgan fingerprint density at radius 1 is 1.16 bits per heavy atom. The Morgan fingerprint density at radius 3 is 2.58 bits per heavy atom. The van der Waals surface area contributed by atoms with Gasteiger partial charge < -0.3 is 26.6 Å². The van der Waals surface area contributed by atoms with Crippen LogP contribution < -0.4 is 21.7 Å². The number of nitrogens with zero attached hydrogens (tertiary/aromatic N) is 6. The largest absolute Gasteiger partial charge is 0.399 e. The zero-order valence-corrected chi connectivity index (χ0v) is 19.3. The average molecular weight is 426 g/mol. The summed E-state index contributed by atoms with van der Waals surface area (Å²) < 4.78 is 0. The molecule has 0 saturated heterocycles. The van der Waals surface area contributed by atoms with E-state index < -0.39 is 0 Å². The molecule has 0 amide bonds. The normalized spacial score (nSPS) is 14.1. The Kier molecular flexibility index (Phi) is 7.17. The molecular weight excluding hydrogens is 390 g/mol. The summed E-state index contributed by atoms with van der Waals surface area (Å²) in [4.78, 5) is 20.7. The van der Waals surface area contributed by atoms with E-state index in [9.17, 15) is 0 Å². The maximum absolute atomic E-state index is 6.65. The molecule has 2 heterocycles. The zero-order chi connectivity index (χ0) is 22.5. The third-order valence-electron chi connectivity index (χ3n) is 5.39. The van der Waals surface area contributed by atoms with Gasteiger partial charge in [-0.15, -0.1) is 0 Å². The van der Waals surface area contributed by atoms with Crippen LogP contribution >= 0.6 is 0 Å². The Hall–Kier alpha value is -3.07. The Labute approximate surface area is 184 Å². The van der Waals surface area contributed by atoms with E-state index >= 15 is 0 Å². The number of hydrogen-bond acceptors (Lipinski definition) is 9. The predicted molar refractivity (Wildman–Crippen MR) is 132 cm³/mol. The first-order chi connectivity index (χ1) is 14.8. The molecule has 31 heavy (non-hydrogen) atoms. The molecule has 1 aromatic heterocycles. The van der Waals surface area contributed by atoms with E-state index in [-0.39, 0.29) is 0 Å². The predicted octanol–water partition coefficient (Wildman–Crippen LogP) is 2.08. The van der Waals surface area contributed by atoms with Crippen LogP contribution in [0.15, 0.2) is 28.2 Å². The number of nitrogen functional groups attached to an aromatic ring is 2. The number of rotatable bonds is 7. The van der Waals surface area contributed by atoms with Crippen molar-refractivity contribution in [3.8, 4) is 0 Å². The number of anilines is 3. The number of aryl methyl sites for hydroxylation is 1. The van der Waals surface area contributed by atoms with Crippen molar-refractivity contribution in [1.29, 1.82) is 0 Å². The van der Waals surface area contributed by atoms with E-state index in [1.165, 1.54) is 0 Å². The van der Waals surface area contributed by atoms with Crippen LogP contribution in [0.3, 0.4) is 0 Å². The number of nitrogens with one attached hydrogen (secondary N) is 1. The topological polar surface area (TPSA) is 111 Å². The van der Waals surface area contributed by atoms with Crippen molar-refractivity contribution < 1.29 is 0 Å². The number of pyridine rings is 1. The van der Waals surface area contributed by atoms with E-state index in [2.05, 4.69) is 53.0 Å². The zero-order valence-electron chi connectivity index (χ0n) is 19.3. The van der Waals surface area contributed by atoms with Gasteiger partial charge in [-0.1, -0.05) is 0 Å². The van der Waals surface area contributed by atoms with E-state index in [1.807, 2.05) is 25.1 Å². The molecular formula is C22H35N9. The summed E-state index contributed by atoms with van der Waals surface area (Å²) in [5.74, 6) is 1.49. The van der Waals surface area contributed by atoms with Crippen molar-refractivity contribution in [2.24, 2.45) is 9.98 Å². The molecule has 2 aromatic rings. The number of benzene rings is 1. The summed E-state index contributed by atoms with van der Waals surface area (Å²) in [6, 6.07) is 5.62. The second-order valence-corrected chi connectivity index (χ2v) is 7.95. The molecule has 0 atom stereocenters. The second-order valence-electron chi connectivity index (χ2n) is 7.95. The maximum atomic E-state index is 6.65. The molecule has 0 spiro atoms. The summed E-state index contributed by atoms with van der Waals surface area (Å²) >= 11 is 0. The van der Waals surface area contributed by atoms with Gasteiger partial charge in [-0.05, 0) is 66.0 Å². The molecule has 5 N–H and O–H groups in total. The van der Waals surface area contributed by atoms with Crippen LogP contribution in [0.2, 0.25) is 0 Å². The van der Waals surface area contributed by atoms with Crippen molar-refractivity contribution in [3.63, 3.8) is 0 Å².